The van der Waals surface area contributed by atoms with Gasteiger partial charge in [-0.25, -0.2) is 0 Å². The molecule has 0 heteroatoms. The Labute approximate surface area is 130 Å². The average molecular weight is 280 g/mol. The average Bonchev–Trinajstić information content (AvgIpc) is 3.30. The second-order valence-electron chi connectivity index (χ2n) is 6.18. The highest BCUT2D eigenvalue weighted by Crippen LogP contribution is 2.66. The van der Waals surface area contributed by atoms with Crippen LogP contribution in [0.2, 0.25) is 0 Å². The largest absolute Gasteiger partial charge is 0.0622 e. The highest BCUT2D eigenvalue weighted by molar-refractivity contribution is 5.84. The van der Waals surface area contributed by atoms with Crippen LogP contribution < -0.4 is 0 Å². The van der Waals surface area contributed by atoms with Crippen LogP contribution in [-0.2, 0) is 0 Å². The maximum atomic E-state index is 2.38. The molecular formula is C22H16. The first-order chi connectivity index (χ1) is 10.9. The van der Waals surface area contributed by atoms with Crippen molar-refractivity contribution in [2.45, 2.75) is 11.8 Å². The molecule has 0 N–H and O–H groups in total. The molecule has 0 spiro atoms. The molecule has 2 aliphatic rings. The summed E-state index contributed by atoms with van der Waals surface area (Å²) in [4.78, 5) is 0. The summed E-state index contributed by atoms with van der Waals surface area (Å²) in [6, 6.07) is 28.5. The van der Waals surface area contributed by atoms with E-state index in [-0.39, 0.29) is 0 Å². The molecule has 5 rings (SSSR count). The van der Waals surface area contributed by atoms with Gasteiger partial charge in [0.2, 0.25) is 0 Å². The fourth-order valence-corrected chi connectivity index (χ4v) is 3.95. The van der Waals surface area contributed by atoms with Gasteiger partial charge in [-0.05, 0) is 27.8 Å². The van der Waals surface area contributed by atoms with Crippen molar-refractivity contribution >= 4 is 6.08 Å². The van der Waals surface area contributed by atoms with Gasteiger partial charge in [-0.2, -0.15) is 0 Å². The highest BCUT2D eigenvalue weighted by atomic mass is 14.5. The smallest absolute Gasteiger partial charge is 0.0171 e. The number of allylic oxidation sites excluding steroid dienone is 1. The van der Waals surface area contributed by atoms with Crippen molar-refractivity contribution in [3.8, 4) is 11.1 Å². The van der Waals surface area contributed by atoms with Crippen LogP contribution in [0.4, 0.5) is 0 Å². The first-order valence-corrected chi connectivity index (χ1v) is 7.88. The first-order valence-electron chi connectivity index (χ1n) is 7.88. The van der Waals surface area contributed by atoms with Crippen molar-refractivity contribution < 1.29 is 0 Å². The highest BCUT2D eigenvalue weighted by Gasteiger charge is 2.50. The number of benzene rings is 3. The molecule has 0 amide bonds. The van der Waals surface area contributed by atoms with Crippen LogP contribution in [0.15, 0.2) is 84.4 Å². The lowest BCUT2D eigenvalue weighted by atomic mass is 9.86. The van der Waals surface area contributed by atoms with Gasteiger partial charge >= 0.3 is 0 Å². The van der Waals surface area contributed by atoms with Gasteiger partial charge in [-0.3, -0.25) is 0 Å². The van der Waals surface area contributed by atoms with Gasteiger partial charge in [0, 0.05) is 11.8 Å². The number of hydrogen-bond donors (Lipinski definition) is 0. The van der Waals surface area contributed by atoms with Gasteiger partial charge in [-0.15, -0.1) is 0 Å². The van der Waals surface area contributed by atoms with Crippen molar-refractivity contribution in [2.24, 2.45) is 0 Å². The van der Waals surface area contributed by atoms with E-state index in [1.165, 1.54) is 27.8 Å². The molecule has 3 aromatic carbocycles. The summed E-state index contributed by atoms with van der Waals surface area (Å²) in [5.74, 6) is 1.15. The van der Waals surface area contributed by atoms with Gasteiger partial charge in [-0.1, -0.05) is 90.5 Å². The van der Waals surface area contributed by atoms with Crippen LogP contribution in [-0.4, -0.2) is 0 Å². The summed E-state index contributed by atoms with van der Waals surface area (Å²) in [6.45, 7) is 0. The molecule has 0 radical (unpaired) electrons. The zero-order valence-electron chi connectivity index (χ0n) is 12.2. The van der Waals surface area contributed by atoms with Gasteiger partial charge in [0.15, 0.2) is 0 Å². The molecule has 3 aromatic rings. The van der Waals surface area contributed by atoms with E-state index >= 15 is 0 Å². The van der Waals surface area contributed by atoms with Crippen molar-refractivity contribution in [3.05, 3.63) is 101 Å². The van der Waals surface area contributed by atoms with E-state index in [2.05, 4.69) is 84.9 Å². The maximum absolute atomic E-state index is 2.38. The minimum absolute atomic E-state index is 0.575. The van der Waals surface area contributed by atoms with Crippen LogP contribution in [0, 0.1) is 0 Å². The lowest BCUT2D eigenvalue weighted by Gasteiger charge is -2.18. The second kappa shape index (κ2) is 4.45. The van der Waals surface area contributed by atoms with Crippen LogP contribution in [0.25, 0.3) is 17.2 Å². The summed E-state index contributed by atoms with van der Waals surface area (Å²) in [5, 5.41) is 0. The van der Waals surface area contributed by atoms with E-state index < -0.39 is 0 Å². The van der Waals surface area contributed by atoms with E-state index in [1.807, 2.05) is 0 Å². The third kappa shape index (κ3) is 1.64. The normalized spacial score (nSPS) is 22.6. The van der Waals surface area contributed by atoms with Gasteiger partial charge in [0.05, 0.1) is 0 Å². The summed E-state index contributed by atoms with van der Waals surface area (Å²) >= 11 is 0. The Morgan fingerprint density at radius 1 is 0.545 bits per heavy atom. The summed E-state index contributed by atoms with van der Waals surface area (Å²) in [7, 11) is 0. The van der Waals surface area contributed by atoms with Crippen molar-refractivity contribution in [2.75, 3.05) is 0 Å². The summed E-state index contributed by atoms with van der Waals surface area (Å²) < 4.78 is 0. The standard InChI is InChI=1S/C22H16/c1-2-8-15(9-3-1)14-20-21-18-12-6-4-10-16(18)17-11-5-7-13-19(17)22(20)21/h1-14,21-22H/t21-,22+. The molecule has 0 nitrogen and oxygen atoms in total. The fourth-order valence-electron chi connectivity index (χ4n) is 3.95. The topological polar surface area (TPSA) is 0 Å². The Morgan fingerprint density at radius 2 is 1.05 bits per heavy atom. The molecule has 0 aliphatic heterocycles. The molecule has 1 fully saturated rings. The molecule has 1 saturated carbocycles. The predicted octanol–water partition coefficient (Wildman–Crippen LogP) is 5.63. The van der Waals surface area contributed by atoms with Crippen molar-refractivity contribution in [1.82, 2.24) is 0 Å². The molecule has 22 heavy (non-hydrogen) atoms. The maximum Gasteiger partial charge on any atom is 0.0171 e. The van der Waals surface area contributed by atoms with E-state index in [0.717, 1.165) is 0 Å². The van der Waals surface area contributed by atoms with Crippen LogP contribution >= 0.6 is 0 Å². The number of hydrogen-bond acceptors (Lipinski definition) is 0. The molecule has 0 bridgehead atoms. The van der Waals surface area contributed by atoms with Gasteiger partial charge in [0.25, 0.3) is 0 Å². The molecule has 2 aliphatic carbocycles. The second-order valence-corrected chi connectivity index (χ2v) is 6.18. The number of rotatable bonds is 1. The lowest BCUT2D eigenvalue weighted by Crippen LogP contribution is -1.98. The van der Waals surface area contributed by atoms with E-state index in [4.69, 9.17) is 0 Å². The lowest BCUT2D eigenvalue weighted by molar-refractivity contribution is 1.01. The van der Waals surface area contributed by atoms with Crippen LogP contribution in [0.5, 0.6) is 0 Å². The number of fused-ring (bicyclic) bond motifs is 6. The predicted molar refractivity (Wildman–Crippen MR) is 91.8 cm³/mol. The van der Waals surface area contributed by atoms with Crippen molar-refractivity contribution in [1.29, 1.82) is 0 Å². The van der Waals surface area contributed by atoms with E-state index in [1.54, 1.807) is 5.57 Å². The summed E-state index contributed by atoms with van der Waals surface area (Å²) in [6.07, 6.45) is 2.38. The Morgan fingerprint density at radius 3 is 1.64 bits per heavy atom. The minimum atomic E-state index is 0.575. The molecule has 2 atom stereocenters. The Hall–Kier alpha value is -2.60. The molecule has 0 heterocycles. The summed E-state index contributed by atoms with van der Waals surface area (Å²) in [5.41, 5.74) is 8.68. The monoisotopic (exact) mass is 280 g/mol. The molecular weight excluding hydrogens is 264 g/mol. The van der Waals surface area contributed by atoms with Crippen molar-refractivity contribution in [3.63, 3.8) is 0 Å². The Balaban J connectivity index is 1.70. The fraction of sp³-hybridized carbons (Fsp3) is 0.0909. The van der Waals surface area contributed by atoms with Crippen LogP contribution in [0.3, 0.4) is 0 Å². The minimum Gasteiger partial charge on any atom is -0.0622 e. The zero-order valence-corrected chi connectivity index (χ0v) is 12.2. The van der Waals surface area contributed by atoms with Crippen LogP contribution in [0.1, 0.15) is 28.5 Å². The van der Waals surface area contributed by atoms with E-state index in [0.29, 0.717) is 11.8 Å². The van der Waals surface area contributed by atoms with Gasteiger partial charge < -0.3 is 0 Å². The third-order valence-corrected chi connectivity index (χ3v) is 4.96. The molecule has 104 valence electrons. The molecule has 0 aromatic heterocycles. The SMILES string of the molecule is C(=C1[C@@H]2c3ccccc3-c3ccccc3[C@H]12)c1ccccc1. The molecule has 0 saturated heterocycles. The third-order valence-electron chi connectivity index (χ3n) is 4.96. The van der Waals surface area contributed by atoms with Gasteiger partial charge in [0.1, 0.15) is 0 Å². The first kappa shape index (κ1) is 12.0. The zero-order chi connectivity index (χ0) is 14.5. The Kier molecular flexibility index (Phi) is 2.42. The van der Waals surface area contributed by atoms with E-state index in [9.17, 15) is 0 Å². The quantitative estimate of drug-likeness (QED) is 0.542. The Bertz CT molecular complexity index is 833. The molecule has 0 unspecified atom stereocenters.